The molecular weight excluding hydrogens is 394 g/mol. The summed E-state index contributed by atoms with van der Waals surface area (Å²) < 4.78 is 2.14. The van der Waals surface area contributed by atoms with Crippen molar-refractivity contribution in [2.75, 3.05) is 5.32 Å². The molecule has 2 aromatic heterocycles. The minimum atomic E-state index is -0.344. The molecule has 28 heavy (non-hydrogen) atoms. The average Bonchev–Trinajstić information content (AvgIpc) is 3.48. The number of halogens is 1. The molecule has 1 N–H and O–H groups in total. The Kier molecular flexibility index (Phi) is 5.64. The Balaban J connectivity index is 1.49. The Morgan fingerprint density at radius 1 is 1.25 bits per heavy atom. The van der Waals surface area contributed by atoms with Crippen molar-refractivity contribution in [3.05, 3.63) is 65.1 Å². The number of hydrogen-bond acceptors (Lipinski definition) is 5. The number of carbonyl (C=O) groups is 1. The summed E-state index contributed by atoms with van der Waals surface area (Å²) >= 11 is 7.25. The smallest absolute Gasteiger partial charge is 0.238 e. The monoisotopic (exact) mass is 413 g/mol. The number of aromatic nitrogens is 4. The standard InChI is InChI=1S/C20H20ClN5OS/c1-13(19(27)23-17-10-9-16(21)11-22-17)28-20-25-24-18(15-7-8-15)26(20)12-14-5-3-2-4-6-14/h2-6,9-11,13,15H,7-8,12H2,1H3,(H,22,23,27)/t13-/m1/s1. The molecule has 6 nitrogen and oxygen atoms in total. The maximum absolute atomic E-state index is 12.6. The second-order valence-electron chi connectivity index (χ2n) is 6.80. The molecule has 1 fully saturated rings. The molecule has 1 saturated carbocycles. The Labute approximate surface area is 172 Å². The van der Waals surface area contributed by atoms with Crippen molar-refractivity contribution in [1.82, 2.24) is 19.7 Å². The van der Waals surface area contributed by atoms with Gasteiger partial charge in [-0.15, -0.1) is 10.2 Å². The number of nitrogens with zero attached hydrogens (tertiary/aromatic N) is 4. The Hall–Kier alpha value is -2.38. The number of thioether (sulfide) groups is 1. The second-order valence-corrected chi connectivity index (χ2v) is 8.54. The van der Waals surface area contributed by atoms with Crippen LogP contribution in [0.5, 0.6) is 0 Å². The number of amides is 1. The molecule has 3 aromatic rings. The van der Waals surface area contributed by atoms with Gasteiger partial charge in [-0.25, -0.2) is 4.98 Å². The van der Waals surface area contributed by atoms with E-state index in [9.17, 15) is 4.79 Å². The van der Waals surface area contributed by atoms with Gasteiger partial charge in [-0.2, -0.15) is 0 Å². The SMILES string of the molecule is C[C@@H](Sc1nnc(C2CC2)n1Cc1ccccc1)C(=O)Nc1ccc(Cl)cn1. The molecule has 0 spiro atoms. The van der Waals surface area contributed by atoms with Crippen molar-refractivity contribution in [1.29, 1.82) is 0 Å². The van der Waals surface area contributed by atoms with E-state index in [1.165, 1.54) is 23.5 Å². The van der Waals surface area contributed by atoms with Crippen molar-refractivity contribution in [2.24, 2.45) is 0 Å². The van der Waals surface area contributed by atoms with E-state index in [2.05, 4.69) is 37.2 Å². The molecule has 0 bridgehead atoms. The fourth-order valence-electron chi connectivity index (χ4n) is 2.83. The molecule has 0 saturated heterocycles. The Morgan fingerprint density at radius 2 is 2.04 bits per heavy atom. The summed E-state index contributed by atoms with van der Waals surface area (Å²) in [5, 5.41) is 12.6. The first-order valence-corrected chi connectivity index (χ1v) is 10.4. The van der Waals surface area contributed by atoms with Gasteiger partial charge >= 0.3 is 0 Å². The molecule has 1 amide bonds. The Bertz CT molecular complexity index is 956. The minimum Gasteiger partial charge on any atom is -0.310 e. The normalized spacial score (nSPS) is 14.6. The van der Waals surface area contributed by atoms with Gasteiger partial charge in [-0.1, -0.05) is 53.7 Å². The number of pyridine rings is 1. The largest absolute Gasteiger partial charge is 0.310 e. The van der Waals surface area contributed by atoms with E-state index < -0.39 is 0 Å². The number of anilines is 1. The third-order valence-corrected chi connectivity index (χ3v) is 5.81. The third kappa shape index (κ3) is 4.54. The van der Waals surface area contributed by atoms with Crippen LogP contribution in [0.2, 0.25) is 5.02 Å². The zero-order chi connectivity index (χ0) is 19.5. The molecule has 0 aliphatic heterocycles. The van der Waals surface area contributed by atoms with E-state index in [0.29, 0.717) is 23.3 Å². The van der Waals surface area contributed by atoms with E-state index in [0.717, 1.165) is 23.8 Å². The van der Waals surface area contributed by atoms with Crippen LogP contribution in [0.1, 0.15) is 37.1 Å². The lowest BCUT2D eigenvalue weighted by Crippen LogP contribution is -2.23. The van der Waals surface area contributed by atoms with E-state index in [4.69, 9.17) is 11.6 Å². The van der Waals surface area contributed by atoms with Crippen LogP contribution in [0.25, 0.3) is 0 Å². The predicted octanol–water partition coefficient (Wildman–Crippen LogP) is 4.37. The molecule has 144 valence electrons. The summed E-state index contributed by atoms with van der Waals surface area (Å²) in [5.74, 6) is 1.83. The van der Waals surface area contributed by atoms with E-state index in [-0.39, 0.29) is 11.2 Å². The molecule has 4 rings (SSSR count). The van der Waals surface area contributed by atoms with Gasteiger partial charge in [0.25, 0.3) is 0 Å². The fourth-order valence-corrected chi connectivity index (χ4v) is 3.80. The van der Waals surface area contributed by atoms with Crippen LogP contribution in [0.4, 0.5) is 5.82 Å². The molecule has 1 aromatic carbocycles. The van der Waals surface area contributed by atoms with Crippen molar-refractivity contribution in [3.63, 3.8) is 0 Å². The van der Waals surface area contributed by atoms with Crippen LogP contribution in [0.3, 0.4) is 0 Å². The highest BCUT2D eigenvalue weighted by atomic mass is 35.5. The zero-order valence-electron chi connectivity index (χ0n) is 15.4. The topological polar surface area (TPSA) is 72.7 Å². The molecule has 0 radical (unpaired) electrons. The lowest BCUT2D eigenvalue weighted by Gasteiger charge is -2.13. The summed E-state index contributed by atoms with van der Waals surface area (Å²) in [4.78, 5) is 16.7. The van der Waals surface area contributed by atoms with Crippen molar-refractivity contribution >= 4 is 35.1 Å². The van der Waals surface area contributed by atoms with E-state index >= 15 is 0 Å². The van der Waals surface area contributed by atoms with Crippen LogP contribution in [-0.2, 0) is 11.3 Å². The van der Waals surface area contributed by atoms with Crippen molar-refractivity contribution < 1.29 is 4.79 Å². The lowest BCUT2D eigenvalue weighted by molar-refractivity contribution is -0.115. The van der Waals surface area contributed by atoms with Crippen molar-refractivity contribution in [3.8, 4) is 0 Å². The Morgan fingerprint density at radius 3 is 2.71 bits per heavy atom. The first-order valence-electron chi connectivity index (χ1n) is 9.16. The third-order valence-electron chi connectivity index (χ3n) is 4.50. The highest BCUT2D eigenvalue weighted by Crippen LogP contribution is 2.40. The highest BCUT2D eigenvalue weighted by molar-refractivity contribution is 8.00. The quantitative estimate of drug-likeness (QED) is 0.582. The van der Waals surface area contributed by atoms with Gasteiger partial charge in [0.05, 0.1) is 16.8 Å². The predicted molar refractivity (Wildman–Crippen MR) is 111 cm³/mol. The molecule has 1 aliphatic rings. The van der Waals surface area contributed by atoms with Crippen molar-refractivity contribution in [2.45, 2.75) is 42.6 Å². The first-order chi connectivity index (χ1) is 13.6. The molecule has 2 heterocycles. The van der Waals surface area contributed by atoms with Crippen LogP contribution >= 0.6 is 23.4 Å². The molecule has 0 unspecified atom stereocenters. The zero-order valence-corrected chi connectivity index (χ0v) is 17.0. The van der Waals surface area contributed by atoms with Crippen LogP contribution < -0.4 is 5.32 Å². The average molecular weight is 414 g/mol. The maximum Gasteiger partial charge on any atom is 0.238 e. The second kappa shape index (κ2) is 8.32. The van der Waals surface area contributed by atoms with E-state index in [1.54, 1.807) is 12.1 Å². The summed E-state index contributed by atoms with van der Waals surface area (Å²) in [5.41, 5.74) is 1.19. The number of carbonyl (C=O) groups excluding carboxylic acids is 1. The van der Waals surface area contributed by atoms with Gasteiger partial charge in [0.15, 0.2) is 5.16 Å². The number of rotatable bonds is 7. The summed E-state index contributed by atoms with van der Waals surface area (Å²) in [7, 11) is 0. The van der Waals surface area contributed by atoms with Gasteiger partial charge in [-0.05, 0) is 37.5 Å². The van der Waals surface area contributed by atoms with Crippen LogP contribution in [0, 0.1) is 0 Å². The highest BCUT2D eigenvalue weighted by Gasteiger charge is 2.31. The van der Waals surface area contributed by atoms with E-state index in [1.807, 2.05) is 25.1 Å². The fraction of sp³-hybridized carbons (Fsp3) is 0.300. The summed E-state index contributed by atoms with van der Waals surface area (Å²) in [6.07, 6.45) is 3.80. The molecule has 1 aliphatic carbocycles. The van der Waals surface area contributed by atoms with Gasteiger partial charge in [0.2, 0.25) is 5.91 Å². The summed E-state index contributed by atoms with van der Waals surface area (Å²) in [6.45, 7) is 2.56. The van der Waals surface area contributed by atoms with Gasteiger partial charge in [-0.3, -0.25) is 4.79 Å². The maximum atomic E-state index is 12.6. The number of hydrogen-bond donors (Lipinski definition) is 1. The van der Waals surface area contributed by atoms with Crippen LogP contribution in [-0.4, -0.2) is 30.9 Å². The minimum absolute atomic E-state index is 0.137. The number of benzene rings is 1. The molecule has 1 atom stereocenters. The molecular formula is C20H20ClN5OS. The first kappa shape index (κ1) is 19.0. The van der Waals surface area contributed by atoms with Gasteiger partial charge < -0.3 is 9.88 Å². The molecule has 8 heteroatoms. The van der Waals surface area contributed by atoms with Crippen LogP contribution in [0.15, 0.2) is 53.8 Å². The van der Waals surface area contributed by atoms with Gasteiger partial charge in [0, 0.05) is 12.1 Å². The lowest BCUT2D eigenvalue weighted by atomic mass is 10.2. The van der Waals surface area contributed by atoms with Gasteiger partial charge in [0.1, 0.15) is 11.6 Å². The number of nitrogens with one attached hydrogen (secondary N) is 1. The summed E-state index contributed by atoms with van der Waals surface area (Å²) in [6, 6.07) is 13.6.